The molecule has 0 fully saturated rings. The molecule has 0 unspecified atom stereocenters. The molecule has 4 aromatic heterocycles. The number of para-hydroxylation sites is 1. The van der Waals surface area contributed by atoms with Gasteiger partial charge in [0, 0.05) is 29.1 Å². The van der Waals surface area contributed by atoms with E-state index in [1.807, 2.05) is 65.6 Å². The lowest BCUT2D eigenvalue weighted by atomic mass is 10.1. The van der Waals surface area contributed by atoms with Gasteiger partial charge in [0.05, 0.1) is 33.1 Å². The van der Waals surface area contributed by atoms with E-state index < -0.39 is 0 Å². The molecular formula is C28H18N4OS. The summed E-state index contributed by atoms with van der Waals surface area (Å²) in [5, 5.41) is 8.98. The van der Waals surface area contributed by atoms with E-state index >= 15 is 0 Å². The topological polar surface area (TPSA) is 44.9 Å². The summed E-state index contributed by atoms with van der Waals surface area (Å²) in [6, 6.07) is 30.7. The molecule has 34 heavy (non-hydrogen) atoms. The van der Waals surface area contributed by atoms with Gasteiger partial charge in [0.1, 0.15) is 17.3 Å². The molecule has 5 nitrogen and oxygen atoms in total. The summed E-state index contributed by atoms with van der Waals surface area (Å²) in [6.45, 7) is 0. The molecule has 0 saturated heterocycles. The van der Waals surface area contributed by atoms with Crippen LogP contribution < -0.4 is 4.74 Å². The van der Waals surface area contributed by atoms with Gasteiger partial charge in [-0.05, 0) is 53.9 Å². The molecule has 0 amide bonds. The molecule has 7 aromatic rings. The Labute approximate surface area is 199 Å². The predicted molar refractivity (Wildman–Crippen MR) is 138 cm³/mol. The van der Waals surface area contributed by atoms with Gasteiger partial charge in [-0.3, -0.25) is 4.57 Å². The standard InChI is InChI=1S/C28H18N4OS/c1-2-9-24-22(8-1)23-12-11-21(17-26(23)31(24)28-10-3-4-14-29-28)33-20-7-5-6-19(16-20)32-25-13-15-34-27(25)18-30-32/h1-18H. The Kier molecular flexibility index (Phi) is 4.25. The molecule has 7 rings (SSSR count). The summed E-state index contributed by atoms with van der Waals surface area (Å²) in [5.74, 6) is 2.41. The van der Waals surface area contributed by atoms with Crippen LogP contribution in [0.1, 0.15) is 0 Å². The lowest BCUT2D eigenvalue weighted by Crippen LogP contribution is -1.97. The summed E-state index contributed by atoms with van der Waals surface area (Å²) < 4.78 is 11.6. The largest absolute Gasteiger partial charge is 0.457 e. The fourth-order valence-corrected chi connectivity index (χ4v) is 5.25. The van der Waals surface area contributed by atoms with Crippen LogP contribution in [0, 0.1) is 0 Å². The third-order valence-electron chi connectivity index (χ3n) is 6.01. The Hall–Kier alpha value is -4.42. The van der Waals surface area contributed by atoms with Crippen LogP contribution >= 0.6 is 11.3 Å². The van der Waals surface area contributed by atoms with E-state index in [9.17, 15) is 0 Å². The van der Waals surface area contributed by atoms with Crippen molar-refractivity contribution in [3.8, 4) is 23.0 Å². The van der Waals surface area contributed by atoms with Gasteiger partial charge in [-0.25, -0.2) is 9.67 Å². The number of thiophene rings is 1. The van der Waals surface area contributed by atoms with Crippen LogP contribution in [-0.4, -0.2) is 19.3 Å². The van der Waals surface area contributed by atoms with Crippen molar-refractivity contribution < 1.29 is 4.74 Å². The zero-order chi connectivity index (χ0) is 22.5. The number of nitrogens with zero attached hydrogens (tertiary/aromatic N) is 4. The highest BCUT2D eigenvalue weighted by Crippen LogP contribution is 2.35. The molecule has 3 aromatic carbocycles. The fourth-order valence-electron chi connectivity index (χ4n) is 4.53. The number of aromatic nitrogens is 4. The van der Waals surface area contributed by atoms with Crippen molar-refractivity contribution in [3.05, 3.63) is 109 Å². The Morgan fingerprint density at radius 2 is 1.59 bits per heavy atom. The average molecular weight is 459 g/mol. The number of benzene rings is 3. The lowest BCUT2D eigenvalue weighted by Gasteiger charge is -2.10. The molecule has 0 bridgehead atoms. The van der Waals surface area contributed by atoms with Crippen molar-refractivity contribution in [2.45, 2.75) is 0 Å². The maximum atomic E-state index is 6.33. The predicted octanol–water partition coefficient (Wildman–Crippen LogP) is 7.37. The SMILES string of the molecule is c1ccc(-n2c3ccccc3c3ccc(Oc4cccc(-n5ncc6sccc65)c4)cc32)nc1. The van der Waals surface area contributed by atoms with Crippen LogP contribution in [0.2, 0.25) is 0 Å². The molecule has 162 valence electrons. The van der Waals surface area contributed by atoms with Gasteiger partial charge in [0.2, 0.25) is 0 Å². The van der Waals surface area contributed by atoms with Gasteiger partial charge in [0.25, 0.3) is 0 Å². The second-order valence-electron chi connectivity index (χ2n) is 8.05. The van der Waals surface area contributed by atoms with Crippen molar-refractivity contribution in [2.24, 2.45) is 0 Å². The number of pyridine rings is 1. The molecule has 0 saturated carbocycles. The molecule has 0 radical (unpaired) electrons. The van der Waals surface area contributed by atoms with Gasteiger partial charge in [0.15, 0.2) is 0 Å². The molecule has 0 atom stereocenters. The van der Waals surface area contributed by atoms with Crippen LogP contribution in [0.25, 0.3) is 43.5 Å². The zero-order valence-corrected chi connectivity index (χ0v) is 18.8. The maximum absolute atomic E-state index is 6.33. The van der Waals surface area contributed by atoms with E-state index in [2.05, 4.69) is 62.5 Å². The van der Waals surface area contributed by atoms with Gasteiger partial charge in [-0.15, -0.1) is 11.3 Å². The first-order valence-electron chi connectivity index (χ1n) is 11.0. The molecule has 0 aliphatic rings. The zero-order valence-electron chi connectivity index (χ0n) is 18.0. The molecule has 0 aliphatic heterocycles. The summed E-state index contributed by atoms with van der Waals surface area (Å²) in [7, 11) is 0. The number of hydrogen-bond acceptors (Lipinski definition) is 4. The Bertz CT molecular complexity index is 1800. The number of hydrogen-bond donors (Lipinski definition) is 0. The molecule has 0 aliphatic carbocycles. The summed E-state index contributed by atoms with van der Waals surface area (Å²) >= 11 is 1.69. The van der Waals surface area contributed by atoms with Crippen molar-refractivity contribution >= 4 is 43.4 Å². The van der Waals surface area contributed by atoms with E-state index in [-0.39, 0.29) is 0 Å². The minimum atomic E-state index is 0.760. The summed E-state index contributed by atoms with van der Waals surface area (Å²) in [6.07, 6.45) is 3.72. The molecular weight excluding hydrogens is 440 g/mol. The van der Waals surface area contributed by atoms with Crippen LogP contribution in [0.4, 0.5) is 0 Å². The minimum Gasteiger partial charge on any atom is -0.457 e. The Morgan fingerprint density at radius 1 is 0.706 bits per heavy atom. The van der Waals surface area contributed by atoms with Crippen LogP contribution in [0.5, 0.6) is 11.5 Å². The lowest BCUT2D eigenvalue weighted by molar-refractivity contribution is 0.483. The van der Waals surface area contributed by atoms with Crippen LogP contribution in [0.3, 0.4) is 0 Å². The van der Waals surface area contributed by atoms with E-state index in [4.69, 9.17) is 4.74 Å². The van der Waals surface area contributed by atoms with E-state index in [0.29, 0.717) is 0 Å². The summed E-state index contributed by atoms with van der Waals surface area (Å²) in [5.41, 5.74) is 4.24. The van der Waals surface area contributed by atoms with Crippen molar-refractivity contribution in [1.29, 1.82) is 0 Å². The van der Waals surface area contributed by atoms with E-state index in [1.165, 1.54) is 15.5 Å². The highest BCUT2D eigenvalue weighted by atomic mass is 32.1. The summed E-state index contributed by atoms with van der Waals surface area (Å²) in [4.78, 5) is 4.61. The number of ether oxygens (including phenoxy) is 1. The van der Waals surface area contributed by atoms with Crippen molar-refractivity contribution in [1.82, 2.24) is 19.3 Å². The van der Waals surface area contributed by atoms with E-state index in [0.717, 1.165) is 39.6 Å². The second-order valence-corrected chi connectivity index (χ2v) is 8.99. The third-order valence-corrected chi connectivity index (χ3v) is 6.85. The highest BCUT2D eigenvalue weighted by molar-refractivity contribution is 7.17. The quantitative estimate of drug-likeness (QED) is 0.277. The Morgan fingerprint density at radius 3 is 2.53 bits per heavy atom. The number of fused-ring (bicyclic) bond motifs is 4. The van der Waals surface area contributed by atoms with Gasteiger partial charge >= 0.3 is 0 Å². The molecule has 0 spiro atoms. The fraction of sp³-hybridized carbons (Fsp3) is 0. The molecule has 6 heteroatoms. The first-order chi connectivity index (χ1) is 16.8. The smallest absolute Gasteiger partial charge is 0.137 e. The third kappa shape index (κ3) is 3.00. The van der Waals surface area contributed by atoms with Gasteiger partial charge in [-0.2, -0.15) is 5.10 Å². The van der Waals surface area contributed by atoms with Crippen LogP contribution in [0.15, 0.2) is 109 Å². The van der Waals surface area contributed by atoms with Crippen LogP contribution in [-0.2, 0) is 0 Å². The van der Waals surface area contributed by atoms with Gasteiger partial charge < -0.3 is 4.74 Å². The van der Waals surface area contributed by atoms with Crippen molar-refractivity contribution in [3.63, 3.8) is 0 Å². The number of rotatable bonds is 4. The van der Waals surface area contributed by atoms with Gasteiger partial charge in [-0.1, -0.05) is 30.3 Å². The van der Waals surface area contributed by atoms with Crippen molar-refractivity contribution in [2.75, 3.05) is 0 Å². The maximum Gasteiger partial charge on any atom is 0.137 e. The first kappa shape index (κ1) is 19.1. The second kappa shape index (κ2) is 7.57. The molecule has 4 heterocycles. The normalized spacial score (nSPS) is 11.5. The molecule has 0 N–H and O–H groups in total. The Balaban J connectivity index is 1.33. The average Bonchev–Trinajstić information content (AvgIpc) is 3.58. The monoisotopic (exact) mass is 458 g/mol. The van der Waals surface area contributed by atoms with E-state index in [1.54, 1.807) is 11.3 Å². The first-order valence-corrected chi connectivity index (χ1v) is 11.9. The highest BCUT2D eigenvalue weighted by Gasteiger charge is 2.14. The minimum absolute atomic E-state index is 0.760.